The van der Waals surface area contributed by atoms with Gasteiger partial charge in [-0.3, -0.25) is 0 Å². The van der Waals surface area contributed by atoms with Gasteiger partial charge in [0.25, 0.3) is 0 Å². The number of thioether (sulfide) groups is 1. The van der Waals surface area contributed by atoms with Crippen LogP contribution in [0.2, 0.25) is 0 Å². The fourth-order valence-corrected chi connectivity index (χ4v) is 2.48. The summed E-state index contributed by atoms with van der Waals surface area (Å²) in [4.78, 5) is 0. The van der Waals surface area contributed by atoms with Crippen molar-refractivity contribution in [3.8, 4) is 0 Å². The van der Waals surface area contributed by atoms with Gasteiger partial charge < -0.3 is 10.3 Å². The highest BCUT2D eigenvalue weighted by Gasteiger charge is 2.21. The van der Waals surface area contributed by atoms with Gasteiger partial charge in [0.05, 0.1) is 6.54 Å². The molecule has 4 nitrogen and oxygen atoms in total. The minimum absolute atomic E-state index is 0.467. The third-order valence-electron chi connectivity index (χ3n) is 2.43. The van der Waals surface area contributed by atoms with E-state index in [1.54, 1.807) is 0 Å². The summed E-state index contributed by atoms with van der Waals surface area (Å²) in [6.45, 7) is 0.467. The zero-order valence-corrected chi connectivity index (χ0v) is 8.55. The van der Waals surface area contributed by atoms with E-state index < -0.39 is 0 Å². The number of rotatable bonds is 3. The molecule has 1 aromatic heterocycles. The molecule has 1 heterocycles. The van der Waals surface area contributed by atoms with Crippen molar-refractivity contribution >= 4 is 11.8 Å². The van der Waals surface area contributed by atoms with Crippen LogP contribution in [0.4, 0.5) is 0 Å². The Morgan fingerprint density at radius 2 is 2.31 bits per heavy atom. The van der Waals surface area contributed by atoms with Crippen LogP contribution in [0.25, 0.3) is 0 Å². The lowest BCUT2D eigenvalue weighted by molar-refractivity contribution is 0.519. The first-order valence-corrected chi connectivity index (χ1v) is 5.44. The average molecular weight is 198 g/mol. The summed E-state index contributed by atoms with van der Waals surface area (Å²) in [5.41, 5.74) is 5.51. The molecule has 0 spiro atoms. The van der Waals surface area contributed by atoms with Gasteiger partial charge in [-0.25, -0.2) is 0 Å². The van der Waals surface area contributed by atoms with Gasteiger partial charge in [0.1, 0.15) is 5.82 Å². The lowest BCUT2D eigenvalue weighted by Crippen LogP contribution is -2.14. The first kappa shape index (κ1) is 9.02. The highest BCUT2D eigenvalue weighted by Crippen LogP contribution is 2.35. The largest absolute Gasteiger partial charge is 0.324 e. The van der Waals surface area contributed by atoms with Crippen molar-refractivity contribution in [1.29, 1.82) is 0 Å². The van der Waals surface area contributed by atoms with E-state index in [4.69, 9.17) is 5.73 Å². The number of nitrogens with two attached hydrogens (primary N) is 1. The fourth-order valence-electron chi connectivity index (χ4n) is 1.26. The van der Waals surface area contributed by atoms with Crippen LogP contribution in [-0.2, 0) is 13.6 Å². The van der Waals surface area contributed by atoms with E-state index in [1.807, 2.05) is 23.4 Å². The van der Waals surface area contributed by atoms with Crippen LogP contribution in [0.5, 0.6) is 0 Å². The van der Waals surface area contributed by atoms with Crippen molar-refractivity contribution in [3.63, 3.8) is 0 Å². The molecule has 1 aliphatic carbocycles. The minimum Gasteiger partial charge on any atom is -0.324 e. The molecular weight excluding hydrogens is 184 g/mol. The molecule has 0 saturated heterocycles. The molecule has 1 saturated carbocycles. The summed E-state index contributed by atoms with van der Waals surface area (Å²) >= 11 is 1.83. The maximum absolute atomic E-state index is 5.51. The van der Waals surface area contributed by atoms with E-state index in [1.165, 1.54) is 19.3 Å². The quantitative estimate of drug-likeness (QED) is 0.784. The van der Waals surface area contributed by atoms with Crippen LogP contribution in [0.1, 0.15) is 25.1 Å². The molecule has 0 bridgehead atoms. The Labute approximate surface area is 81.9 Å². The Kier molecular flexibility index (Phi) is 2.55. The normalized spacial score (nSPS) is 17.4. The Morgan fingerprint density at radius 1 is 1.54 bits per heavy atom. The topological polar surface area (TPSA) is 56.7 Å². The predicted octanol–water partition coefficient (Wildman–Crippen LogP) is 0.918. The summed E-state index contributed by atoms with van der Waals surface area (Å²) in [6.07, 6.45) is 3.99. The van der Waals surface area contributed by atoms with E-state index >= 15 is 0 Å². The molecule has 2 rings (SSSR count). The van der Waals surface area contributed by atoms with Gasteiger partial charge >= 0.3 is 0 Å². The highest BCUT2D eigenvalue weighted by molar-refractivity contribution is 7.99. The number of nitrogens with zero attached hydrogens (tertiary/aromatic N) is 3. The molecular formula is C8H14N4S. The number of hydrogen-bond acceptors (Lipinski definition) is 4. The van der Waals surface area contributed by atoms with Gasteiger partial charge in [-0.2, -0.15) is 0 Å². The molecule has 0 aromatic carbocycles. The second kappa shape index (κ2) is 3.67. The average Bonchev–Trinajstić information content (AvgIpc) is 2.40. The van der Waals surface area contributed by atoms with Crippen molar-refractivity contribution < 1.29 is 0 Å². The smallest absolute Gasteiger partial charge is 0.191 e. The van der Waals surface area contributed by atoms with E-state index in [-0.39, 0.29) is 0 Å². The summed E-state index contributed by atoms with van der Waals surface area (Å²) in [5.74, 6) is 0.863. The van der Waals surface area contributed by atoms with Crippen LogP contribution in [0.15, 0.2) is 5.16 Å². The summed E-state index contributed by atoms with van der Waals surface area (Å²) in [7, 11) is 1.98. The summed E-state index contributed by atoms with van der Waals surface area (Å²) < 4.78 is 1.99. The molecule has 0 amide bonds. The highest BCUT2D eigenvalue weighted by atomic mass is 32.2. The SMILES string of the molecule is Cn1c(CN)nnc1SC1CCC1. The lowest BCUT2D eigenvalue weighted by Gasteiger charge is -2.23. The van der Waals surface area contributed by atoms with Gasteiger partial charge in [-0.05, 0) is 12.8 Å². The molecule has 1 fully saturated rings. The van der Waals surface area contributed by atoms with Crippen molar-refractivity contribution in [2.24, 2.45) is 12.8 Å². The predicted molar refractivity (Wildman–Crippen MR) is 52.4 cm³/mol. The molecule has 0 unspecified atom stereocenters. The molecule has 0 aliphatic heterocycles. The second-order valence-corrected chi connectivity index (χ2v) is 4.60. The first-order valence-electron chi connectivity index (χ1n) is 4.56. The summed E-state index contributed by atoms with van der Waals surface area (Å²) in [5, 5.41) is 9.88. The number of aromatic nitrogens is 3. The van der Waals surface area contributed by atoms with Gasteiger partial charge in [0.15, 0.2) is 5.16 Å². The zero-order valence-electron chi connectivity index (χ0n) is 7.73. The molecule has 13 heavy (non-hydrogen) atoms. The van der Waals surface area contributed by atoms with Crippen LogP contribution in [-0.4, -0.2) is 20.0 Å². The van der Waals surface area contributed by atoms with E-state index in [9.17, 15) is 0 Å². The van der Waals surface area contributed by atoms with Crippen molar-refractivity contribution in [2.75, 3.05) is 0 Å². The zero-order chi connectivity index (χ0) is 9.26. The number of hydrogen-bond donors (Lipinski definition) is 1. The van der Waals surface area contributed by atoms with Gasteiger partial charge in [0.2, 0.25) is 0 Å². The molecule has 72 valence electrons. The van der Waals surface area contributed by atoms with Gasteiger partial charge in [-0.1, -0.05) is 18.2 Å². The second-order valence-electron chi connectivity index (χ2n) is 3.33. The van der Waals surface area contributed by atoms with Gasteiger partial charge in [0, 0.05) is 12.3 Å². The van der Waals surface area contributed by atoms with Crippen LogP contribution < -0.4 is 5.73 Å². The first-order chi connectivity index (χ1) is 6.31. The van der Waals surface area contributed by atoms with Crippen LogP contribution in [0, 0.1) is 0 Å². The minimum atomic E-state index is 0.467. The molecule has 2 N–H and O–H groups in total. The molecule has 1 aliphatic rings. The monoisotopic (exact) mass is 198 g/mol. The maximum atomic E-state index is 5.51. The summed E-state index contributed by atoms with van der Waals surface area (Å²) in [6, 6.07) is 0. The molecule has 0 radical (unpaired) electrons. The Bertz CT molecular complexity index is 292. The van der Waals surface area contributed by atoms with Crippen LogP contribution in [0.3, 0.4) is 0 Å². The van der Waals surface area contributed by atoms with Gasteiger partial charge in [-0.15, -0.1) is 10.2 Å². The Morgan fingerprint density at radius 3 is 2.77 bits per heavy atom. The Balaban J connectivity index is 2.06. The molecule has 0 atom stereocenters. The van der Waals surface area contributed by atoms with E-state index in [2.05, 4.69) is 10.2 Å². The lowest BCUT2D eigenvalue weighted by atomic mass is 10.0. The van der Waals surface area contributed by atoms with Crippen molar-refractivity contribution in [1.82, 2.24) is 14.8 Å². The molecule has 1 aromatic rings. The fraction of sp³-hybridized carbons (Fsp3) is 0.750. The third-order valence-corrected chi connectivity index (χ3v) is 3.80. The van der Waals surface area contributed by atoms with Crippen LogP contribution >= 0.6 is 11.8 Å². The molecule has 5 heteroatoms. The Hall–Kier alpha value is -0.550. The van der Waals surface area contributed by atoms with E-state index in [0.717, 1.165) is 16.2 Å². The third kappa shape index (κ3) is 1.71. The maximum Gasteiger partial charge on any atom is 0.191 e. The standard InChI is InChI=1S/C8H14N4S/c1-12-7(5-9)10-11-8(12)13-6-3-2-4-6/h6H,2-5,9H2,1H3. The van der Waals surface area contributed by atoms with Crippen molar-refractivity contribution in [3.05, 3.63) is 5.82 Å². The van der Waals surface area contributed by atoms with E-state index in [0.29, 0.717) is 6.54 Å². The van der Waals surface area contributed by atoms with Crippen molar-refractivity contribution in [2.45, 2.75) is 36.2 Å².